The summed E-state index contributed by atoms with van der Waals surface area (Å²) in [5, 5.41) is 12.6. The second kappa shape index (κ2) is 4.88. The number of benzene rings is 1. The van der Waals surface area contributed by atoms with Crippen LogP contribution < -0.4 is 0 Å². The van der Waals surface area contributed by atoms with Crippen LogP contribution in [0.4, 0.5) is 0 Å². The van der Waals surface area contributed by atoms with Gasteiger partial charge in [0.15, 0.2) is 5.51 Å². The summed E-state index contributed by atoms with van der Waals surface area (Å²) in [5.41, 5.74) is 6.57. The van der Waals surface area contributed by atoms with Gasteiger partial charge in [-0.15, -0.1) is 11.3 Å². The van der Waals surface area contributed by atoms with Gasteiger partial charge in [0, 0.05) is 22.1 Å². The highest BCUT2D eigenvalue weighted by molar-refractivity contribution is 7.07. The van der Waals surface area contributed by atoms with E-state index in [0.29, 0.717) is 5.75 Å². The van der Waals surface area contributed by atoms with Crippen LogP contribution in [0.15, 0.2) is 17.5 Å². The molecule has 0 aliphatic heterocycles. The van der Waals surface area contributed by atoms with Gasteiger partial charge in [-0.05, 0) is 23.0 Å². The number of phenols is 1. The molecule has 0 spiro atoms. The van der Waals surface area contributed by atoms with E-state index < -0.39 is 0 Å². The van der Waals surface area contributed by atoms with Crippen LogP contribution in [0.25, 0.3) is 11.3 Å². The Morgan fingerprint density at radius 1 is 1.00 bits per heavy atom. The molecular weight excluding hydrogens is 266 g/mol. The Bertz CT molecular complexity index is 566. The second-order valence-corrected chi connectivity index (χ2v) is 7.90. The number of hydrogen-bond acceptors (Lipinski definition) is 3. The SMILES string of the molecule is CC(C)(C)c1cc(-c2cs[c]n2)cc(C(C)(C)C)c1O. The van der Waals surface area contributed by atoms with Gasteiger partial charge >= 0.3 is 0 Å². The summed E-state index contributed by atoms with van der Waals surface area (Å²) in [7, 11) is 0. The summed E-state index contributed by atoms with van der Waals surface area (Å²) in [6.45, 7) is 12.7. The lowest BCUT2D eigenvalue weighted by Crippen LogP contribution is -2.17. The Morgan fingerprint density at radius 3 is 1.85 bits per heavy atom. The number of nitrogens with zero attached hydrogens (tertiary/aromatic N) is 1. The lowest BCUT2D eigenvalue weighted by Gasteiger charge is -2.28. The summed E-state index contributed by atoms with van der Waals surface area (Å²) < 4.78 is 0. The summed E-state index contributed by atoms with van der Waals surface area (Å²) in [4.78, 5) is 4.27. The first kappa shape index (κ1) is 15.0. The number of thiazole rings is 1. The maximum Gasteiger partial charge on any atom is 0.152 e. The molecule has 0 aliphatic carbocycles. The van der Waals surface area contributed by atoms with Crippen molar-refractivity contribution in [3.05, 3.63) is 34.2 Å². The van der Waals surface area contributed by atoms with Crippen molar-refractivity contribution in [2.75, 3.05) is 0 Å². The average Bonchev–Trinajstić information content (AvgIpc) is 2.79. The Kier molecular flexibility index (Phi) is 3.67. The van der Waals surface area contributed by atoms with Crippen molar-refractivity contribution >= 4 is 11.3 Å². The molecule has 107 valence electrons. The van der Waals surface area contributed by atoms with E-state index in [9.17, 15) is 5.11 Å². The molecule has 2 aromatic rings. The maximum absolute atomic E-state index is 10.7. The van der Waals surface area contributed by atoms with Crippen LogP contribution in [0, 0.1) is 5.51 Å². The molecule has 1 N–H and O–H groups in total. The molecule has 0 saturated carbocycles. The third-order valence-corrected chi connectivity index (χ3v) is 3.95. The van der Waals surface area contributed by atoms with Gasteiger partial charge < -0.3 is 5.11 Å². The smallest absolute Gasteiger partial charge is 0.152 e. The van der Waals surface area contributed by atoms with Gasteiger partial charge in [-0.2, -0.15) is 0 Å². The Balaban J connectivity index is 2.74. The van der Waals surface area contributed by atoms with Gasteiger partial charge in [0.1, 0.15) is 5.75 Å². The Hall–Kier alpha value is -1.35. The minimum Gasteiger partial charge on any atom is -0.507 e. The normalized spacial score (nSPS) is 12.7. The maximum atomic E-state index is 10.7. The fourth-order valence-corrected chi connectivity index (χ4v) is 2.75. The van der Waals surface area contributed by atoms with Crippen LogP contribution in [0.5, 0.6) is 5.75 Å². The van der Waals surface area contributed by atoms with Crippen LogP contribution in [-0.2, 0) is 10.8 Å². The molecule has 0 saturated heterocycles. The summed E-state index contributed by atoms with van der Waals surface area (Å²) in [5.74, 6) is 0.410. The zero-order valence-corrected chi connectivity index (χ0v) is 13.9. The van der Waals surface area contributed by atoms with E-state index >= 15 is 0 Å². The minimum atomic E-state index is -0.111. The van der Waals surface area contributed by atoms with Crippen LogP contribution in [0.1, 0.15) is 52.7 Å². The first-order valence-corrected chi connectivity index (χ1v) is 7.68. The standard InChI is InChI=1S/C17H22NOS/c1-16(2,3)12-7-11(14-9-20-10-18-14)8-13(15(12)19)17(4,5)6/h7-9,19H,1-6H3. The van der Waals surface area contributed by atoms with E-state index in [1.165, 1.54) is 11.3 Å². The van der Waals surface area contributed by atoms with Crippen molar-refractivity contribution in [1.82, 2.24) is 4.98 Å². The predicted octanol–water partition coefficient (Wildman–Crippen LogP) is 4.91. The molecule has 1 aromatic heterocycles. The molecule has 2 rings (SSSR count). The zero-order valence-electron chi connectivity index (χ0n) is 13.0. The van der Waals surface area contributed by atoms with Crippen molar-refractivity contribution < 1.29 is 5.11 Å². The van der Waals surface area contributed by atoms with Crippen molar-refractivity contribution in [2.45, 2.75) is 52.4 Å². The molecule has 20 heavy (non-hydrogen) atoms. The number of phenolic OH excluding ortho intramolecular Hbond substituents is 1. The first-order chi connectivity index (χ1) is 9.10. The van der Waals surface area contributed by atoms with Crippen molar-refractivity contribution in [3.8, 4) is 17.0 Å². The molecular formula is C17H22NOS. The van der Waals surface area contributed by atoms with E-state index in [0.717, 1.165) is 22.4 Å². The molecule has 1 aromatic carbocycles. The second-order valence-electron chi connectivity index (χ2n) is 7.24. The van der Waals surface area contributed by atoms with E-state index in [4.69, 9.17) is 0 Å². The van der Waals surface area contributed by atoms with Gasteiger partial charge in [0.05, 0.1) is 5.69 Å². The molecule has 0 amide bonds. The number of rotatable bonds is 1. The quantitative estimate of drug-likeness (QED) is 0.808. The van der Waals surface area contributed by atoms with E-state index in [-0.39, 0.29) is 10.8 Å². The van der Waals surface area contributed by atoms with Crippen LogP contribution in [0.3, 0.4) is 0 Å². The molecule has 0 atom stereocenters. The average molecular weight is 288 g/mol. The highest BCUT2D eigenvalue weighted by Gasteiger charge is 2.26. The lowest BCUT2D eigenvalue weighted by molar-refractivity contribution is 0.423. The van der Waals surface area contributed by atoms with Gasteiger partial charge in [0.25, 0.3) is 0 Å². The van der Waals surface area contributed by atoms with Gasteiger partial charge in [-0.3, -0.25) is 0 Å². The monoisotopic (exact) mass is 288 g/mol. The van der Waals surface area contributed by atoms with Gasteiger partial charge in [-0.25, -0.2) is 4.98 Å². The molecule has 2 nitrogen and oxygen atoms in total. The molecule has 1 radical (unpaired) electrons. The molecule has 0 aliphatic rings. The molecule has 1 heterocycles. The van der Waals surface area contributed by atoms with Crippen LogP contribution in [-0.4, -0.2) is 10.1 Å². The third-order valence-electron chi connectivity index (χ3n) is 3.41. The zero-order chi connectivity index (χ0) is 15.1. The van der Waals surface area contributed by atoms with E-state index in [2.05, 4.69) is 52.0 Å². The summed E-state index contributed by atoms with van der Waals surface area (Å²) >= 11 is 1.47. The third kappa shape index (κ3) is 2.88. The molecule has 0 bridgehead atoms. The summed E-state index contributed by atoms with van der Waals surface area (Å²) in [6, 6.07) is 4.10. The highest BCUT2D eigenvalue weighted by atomic mass is 32.1. The minimum absolute atomic E-state index is 0.111. The van der Waals surface area contributed by atoms with Crippen LogP contribution in [0.2, 0.25) is 0 Å². The lowest BCUT2D eigenvalue weighted by atomic mass is 9.78. The fraction of sp³-hybridized carbons (Fsp3) is 0.471. The topological polar surface area (TPSA) is 33.1 Å². The first-order valence-electron chi connectivity index (χ1n) is 6.80. The number of aromatic nitrogens is 1. The Labute approximate surface area is 125 Å². The number of aromatic hydroxyl groups is 1. The van der Waals surface area contributed by atoms with E-state index in [1.807, 2.05) is 17.5 Å². The highest BCUT2D eigenvalue weighted by Crippen LogP contribution is 2.41. The molecule has 0 fully saturated rings. The largest absolute Gasteiger partial charge is 0.507 e. The fourth-order valence-electron chi connectivity index (χ4n) is 2.24. The predicted molar refractivity (Wildman–Crippen MR) is 85.5 cm³/mol. The number of hydrogen-bond donors (Lipinski definition) is 1. The molecule has 0 unspecified atom stereocenters. The Morgan fingerprint density at radius 2 is 1.50 bits per heavy atom. The molecule has 3 heteroatoms. The van der Waals surface area contributed by atoms with Crippen LogP contribution >= 0.6 is 11.3 Å². The van der Waals surface area contributed by atoms with Gasteiger partial charge in [0.2, 0.25) is 0 Å². The summed E-state index contributed by atoms with van der Waals surface area (Å²) in [6.07, 6.45) is 0. The van der Waals surface area contributed by atoms with E-state index in [1.54, 1.807) is 0 Å². The van der Waals surface area contributed by atoms with Crippen molar-refractivity contribution in [2.24, 2.45) is 0 Å². The van der Waals surface area contributed by atoms with Crippen molar-refractivity contribution in [3.63, 3.8) is 0 Å². The van der Waals surface area contributed by atoms with Gasteiger partial charge in [-0.1, -0.05) is 41.5 Å². The van der Waals surface area contributed by atoms with Crippen molar-refractivity contribution in [1.29, 1.82) is 0 Å².